The van der Waals surface area contributed by atoms with E-state index in [-0.39, 0.29) is 0 Å². The molecule has 0 radical (unpaired) electrons. The summed E-state index contributed by atoms with van der Waals surface area (Å²) in [6, 6.07) is 1.31. The summed E-state index contributed by atoms with van der Waals surface area (Å²) in [6.45, 7) is 13.7. The second-order valence-electron chi connectivity index (χ2n) is 5.75. The summed E-state index contributed by atoms with van der Waals surface area (Å²) >= 11 is 1.86. The molecule has 1 N–H and O–H groups in total. The number of aryl methyl sites for hydroxylation is 2. The Hall–Kier alpha value is -0.490. The van der Waals surface area contributed by atoms with E-state index in [1.807, 2.05) is 11.3 Å². The second kappa shape index (κ2) is 5.48. The topological polar surface area (TPSA) is 31.4 Å². The zero-order valence-corrected chi connectivity index (χ0v) is 13.0. The van der Waals surface area contributed by atoms with Gasteiger partial charge in [-0.15, -0.1) is 11.3 Å². The Morgan fingerprint density at radius 2 is 1.95 bits per heavy atom. The van der Waals surface area contributed by atoms with Crippen molar-refractivity contribution in [2.45, 2.75) is 32.9 Å². The van der Waals surface area contributed by atoms with Crippen molar-refractivity contribution < 1.29 is 0 Å². The Labute approximate surface area is 119 Å². The summed E-state index contributed by atoms with van der Waals surface area (Å²) in [6.07, 6.45) is 0. The molecule has 0 aliphatic carbocycles. The normalized spacial score (nSPS) is 24.4. The largest absolute Gasteiger partial charge is 0.314 e. The lowest BCUT2D eigenvalue weighted by molar-refractivity contribution is 0.00414. The molecule has 1 aromatic rings. The molecule has 1 aromatic heterocycles. The number of hydrogen-bond acceptors (Lipinski definition) is 5. The van der Waals surface area contributed by atoms with Gasteiger partial charge in [0, 0.05) is 56.2 Å². The lowest BCUT2D eigenvalue weighted by atomic mass is 10.0. The van der Waals surface area contributed by atoms with Gasteiger partial charge >= 0.3 is 0 Å². The maximum atomic E-state index is 4.55. The summed E-state index contributed by atoms with van der Waals surface area (Å²) in [5.41, 5.74) is 1.22. The van der Waals surface area contributed by atoms with Gasteiger partial charge in [-0.1, -0.05) is 0 Å². The van der Waals surface area contributed by atoms with Crippen molar-refractivity contribution in [2.24, 2.45) is 0 Å². The van der Waals surface area contributed by atoms with Gasteiger partial charge in [-0.05, 0) is 20.8 Å². The van der Waals surface area contributed by atoms with E-state index in [1.165, 1.54) is 41.8 Å². The van der Waals surface area contributed by atoms with E-state index in [0.29, 0.717) is 6.04 Å². The number of thiazole rings is 1. The number of hydrogen-bond donors (Lipinski definition) is 1. The van der Waals surface area contributed by atoms with Crippen LogP contribution in [0.3, 0.4) is 0 Å². The highest BCUT2D eigenvalue weighted by Gasteiger charge is 2.36. The van der Waals surface area contributed by atoms with Crippen LogP contribution in [-0.2, 0) is 0 Å². The third-order valence-corrected chi connectivity index (χ3v) is 5.67. The van der Waals surface area contributed by atoms with E-state index in [9.17, 15) is 0 Å². The predicted molar refractivity (Wildman–Crippen MR) is 79.8 cm³/mol. The molecule has 3 rings (SSSR count). The molecule has 19 heavy (non-hydrogen) atoms. The van der Waals surface area contributed by atoms with Gasteiger partial charge in [0.15, 0.2) is 0 Å². The van der Waals surface area contributed by atoms with Crippen LogP contribution < -0.4 is 5.32 Å². The molecule has 2 aliphatic rings. The van der Waals surface area contributed by atoms with Crippen LogP contribution in [0.15, 0.2) is 0 Å². The number of nitrogens with one attached hydrogen (secondary N) is 1. The van der Waals surface area contributed by atoms with E-state index >= 15 is 0 Å². The molecule has 0 amide bonds. The van der Waals surface area contributed by atoms with Crippen molar-refractivity contribution in [3.8, 4) is 0 Å². The van der Waals surface area contributed by atoms with Crippen molar-refractivity contribution >= 4 is 11.3 Å². The highest BCUT2D eigenvalue weighted by atomic mass is 32.1. The molecule has 3 heterocycles. The molecule has 0 saturated carbocycles. The van der Waals surface area contributed by atoms with Crippen LogP contribution in [0, 0.1) is 13.8 Å². The number of nitrogens with zero attached hydrogens (tertiary/aromatic N) is 3. The molecule has 2 aliphatic heterocycles. The van der Waals surface area contributed by atoms with Crippen molar-refractivity contribution in [1.82, 2.24) is 20.1 Å². The molecule has 5 heteroatoms. The Morgan fingerprint density at radius 3 is 2.53 bits per heavy atom. The summed E-state index contributed by atoms with van der Waals surface area (Å²) < 4.78 is 0. The standard InChI is InChI=1S/C14H24N4S/c1-10-14(19-12(3)16-10)11(2)18-8-13(9-18)17-6-4-15-5-7-17/h11,13,15H,4-9H2,1-3H3. The second-order valence-corrected chi connectivity index (χ2v) is 6.99. The number of rotatable bonds is 3. The first kappa shape index (κ1) is 13.5. The van der Waals surface area contributed by atoms with Crippen LogP contribution in [-0.4, -0.2) is 60.1 Å². The van der Waals surface area contributed by atoms with Gasteiger partial charge in [-0.2, -0.15) is 0 Å². The van der Waals surface area contributed by atoms with Crippen LogP contribution in [0.5, 0.6) is 0 Å². The van der Waals surface area contributed by atoms with Crippen LogP contribution >= 0.6 is 11.3 Å². The molecular weight excluding hydrogens is 256 g/mol. The van der Waals surface area contributed by atoms with E-state index in [0.717, 1.165) is 19.1 Å². The van der Waals surface area contributed by atoms with Crippen LogP contribution in [0.2, 0.25) is 0 Å². The van der Waals surface area contributed by atoms with Gasteiger partial charge in [0.2, 0.25) is 0 Å². The van der Waals surface area contributed by atoms with Crippen molar-refractivity contribution in [2.75, 3.05) is 39.3 Å². The van der Waals surface area contributed by atoms with Gasteiger partial charge in [0.25, 0.3) is 0 Å². The first-order chi connectivity index (χ1) is 9.15. The summed E-state index contributed by atoms with van der Waals surface area (Å²) in [5.74, 6) is 0. The van der Waals surface area contributed by atoms with E-state index in [1.54, 1.807) is 0 Å². The Balaban J connectivity index is 1.56. The van der Waals surface area contributed by atoms with Crippen molar-refractivity contribution in [1.29, 1.82) is 0 Å². The average Bonchev–Trinajstić information content (AvgIpc) is 2.68. The zero-order valence-electron chi connectivity index (χ0n) is 12.1. The molecular formula is C14H24N4S. The quantitative estimate of drug-likeness (QED) is 0.907. The minimum Gasteiger partial charge on any atom is -0.314 e. The molecule has 0 aromatic carbocycles. The van der Waals surface area contributed by atoms with Crippen LogP contribution in [0.25, 0.3) is 0 Å². The molecule has 0 spiro atoms. The fraction of sp³-hybridized carbons (Fsp3) is 0.786. The first-order valence-corrected chi connectivity index (χ1v) is 8.09. The minimum absolute atomic E-state index is 0.533. The van der Waals surface area contributed by atoms with Crippen molar-refractivity contribution in [3.63, 3.8) is 0 Å². The monoisotopic (exact) mass is 280 g/mol. The average molecular weight is 280 g/mol. The van der Waals surface area contributed by atoms with E-state index in [4.69, 9.17) is 0 Å². The summed E-state index contributed by atoms with van der Waals surface area (Å²) in [7, 11) is 0. The lowest BCUT2D eigenvalue weighted by Crippen LogP contribution is -2.62. The molecule has 1 unspecified atom stereocenters. The summed E-state index contributed by atoms with van der Waals surface area (Å²) in [5, 5.41) is 4.62. The fourth-order valence-electron chi connectivity index (χ4n) is 3.18. The third kappa shape index (κ3) is 2.70. The Morgan fingerprint density at radius 1 is 1.26 bits per heavy atom. The van der Waals surface area contributed by atoms with Gasteiger partial charge < -0.3 is 5.32 Å². The number of likely N-dealkylation sites (tertiary alicyclic amines) is 1. The van der Waals surface area contributed by atoms with E-state index in [2.05, 4.69) is 40.9 Å². The smallest absolute Gasteiger partial charge is 0.0900 e. The minimum atomic E-state index is 0.533. The molecule has 0 bridgehead atoms. The number of aromatic nitrogens is 1. The fourth-order valence-corrected chi connectivity index (χ4v) is 4.20. The molecule has 1 atom stereocenters. The highest BCUT2D eigenvalue weighted by Crippen LogP contribution is 2.32. The Kier molecular flexibility index (Phi) is 3.89. The molecule has 106 valence electrons. The van der Waals surface area contributed by atoms with Crippen LogP contribution in [0.4, 0.5) is 0 Å². The third-order valence-electron chi connectivity index (χ3n) is 4.43. The molecule has 4 nitrogen and oxygen atoms in total. The lowest BCUT2D eigenvalue weighted by Gasteiger charge is -2.49. The number of piperazine rings is 1. The maximum absolute atomic E-state index is 4.55. The van der Waals surface area contributed by atoms with Gasteiger partial charge in [-0.25, -0.2) is 4.98 Å². The van der Waals surface area contributed by atoms with Gasteiger partial charge in [-0.3, -0.25) is 9.80 Å². The van der Waals surface area contributed by atoms with Gasteiger partial charge in [0.05, 0.1) is 10.7 Å². The first-order valence-electron chi connectivity index (χ1n) is 7.28. The maximum Gasteiger partial charge on any atom is 0.0900 e. The molecule has 2 saturated heterocycles. The predicted octanol–water partition coefficient (Wildman–Crippen LogP) is 1.41. The Bertz CT molecular complexity index is 433. The van der Waals surface area contributed by atoms with E-state index < -0.39 is 0 Å². The van der Waals surface area contributed by atoms with Crippen LogP contribution in [0.1, 0.15) is 28.5 Å². The SMILES string of the molecule is Cc1nc(C)c(C(C)N2CC(N3CCNCC3)C2)s1. The summed E-state index contributed by atoms with van der Waals surface area (Å²) in [4.78, 5) is 11.2. The molecule has 2 fully saturated rings. The van der Waals surface area contributed by atoms with Crippen molar-refractivity contribution in [3.05, 3.63) is 15.6 Å². The zero-order chi connectivity index (χ0) is 13.4. The van der Waals surface area contributed by atoms with Gasteiger partial charge in [0.1, 0.15) is 0 Å². The highest BCUT2D eigenvalue weighted by molar-refractivity contribution is 7.11.